The first kappa shape index (κ1) is 15.7. The van der Waals surface area contributed by atoms with Crippen LogP contribution in [0.15, 0.2) is 16.7 Å². The lowest BCUT2D eigenvalue weighted by Crippen LogP contribution is -2.41. The number of hydrogen-bond acceptors (Lipinski definition) is 5. The molecule has 8 heteroatoms. The zero-order valence-electron chi connectivity index (χ0n) is 11.7. The highest BCUT2D eigenvalue weighted by Crippen LogP contribution is 2.31. The number of amides is 1. The van der Waals surface area contributed by atoms with Gasteiger partial charge in [0.2, 0.25) is 11.7 Å². The number of rotatable bonds is 4. The van der Waals surface area contributed by atoms with Gasteiger partial charge in [0.25, 0.3) is 0 Å². The number of nitro groups is 1. The van der Waals surface area contributed by atoms with Gasteiger partial charge in [0.05, 0.1) is 4.92 Å². The molecule has 0 aromatic carbocycles. The minimum absolute atomic E-state index is 0.00421. The molecule has 1 aromatic heterocycles. The van der Waals surface area contributed by atoms with Crippen molar-refractivity contribution in [2.75, 3.05) is 24.5 Å². The van der Waals surface area contributed by atoms with Crippen LogP contribution < -0.4 is 10.2 Å². The molecular weight excluding hydrogens is 340 g/mol. The Labute approximate surface area is 131 Å². The number of anilines is 1. The average molecular weight is 357 g/mol. The first-order chi connectivity index (χ1) is 9.97. The summed E-state index contributed by atoms with van der Waals surface area (Å²) in [6.45, 7) is 3.49. The van der Waals surface area contributed by atoms with Crippen molar-refractivity contribution in [2.24, 2.45) is 5.92 Å². The maximum Gasteiger partial charge on any atom is 0.312 e. The standard InChI is InChI=1S/C13H17BrN4O3/c1-9(19)15-6-10-3-2-4-17(8-10)13-12(18(20)21)5-11(14)7-16-13/h5,7,10H,2-4,6,8H2,1H3,(H,15,19). The van der Waals surface area contributed by atoms with Gasteiger partial charge in [-0.3, -0.25) is 14.9 Å². The molecule has 1 N–H and O–H groups in total. The van der Waals surface area contributed by atoms with Crippen LogP contribution in [0.4, 0.5) is 11.5 Å². The molecule has 21 heavy (non-hydrogen) atoms. The number of hydrogen-bond donors (Lipinski definition) is 1. The highest BCUT2D eigenvalue weighted by Gasteiger charge is 2.27. The molecule has 114 valence electrons. The van der Waals surface area contributed by atoms with Gasteiger partial charge >= 0.3 is 5.69 Å². The summed E-state index contributed by atoms with van der Waals surface area (Å²) in [5.74, 6) is 0.628. The fraction of sp³-hybridized carbons (Fsp3) is 0.538. The lowest BCUT2D eigenvalue weighted by molar-refractivity contribution is -0.384. The highest BCUT2D eigenvalue weighted by molar-refractivity contribution is 9.10. The predicted octanol–water partition coefficient (Wildman–Crippen LogP) is 2.10. The summed E-state index contributed by atoms with van der Waals surface area (Å²) in [7, 11) is 0. The first-order valence-electron chi connectivity index (χ1n) is 6.76. The third kappa shape index (κ3) is 4.13. The second-order valence-corrected chi connectivity index (χ2v) is 6.06. The Balaban J connectivity index is 2.14. The van der Waals surface area contributed by atoms with E-state index in [9.17, 15) is 14.9 Å². The number of nitrogens with zero attached hydrogens (tertiary/aromatic N) is 3. The molecule has 1 aliphatic heterocycles. The van der Waals surface area contributed by atoms with Crippen molar-refractivity contribution >= 4 is 33.3 Å². The quantitative estimate of drug-likeness (QED) is 0.659. The summed E-state index contributed by atoms with van der Waals surface area (Å²) in [4.78, 5) is 27.9. The molecule has 1 aromatic rings. The topological polar surface area (TPSA) is 88.4 Å². The van der Waals surface area contributed by atoms with Crippen LogP contribution in [0.1, 0.15) is 19.8 Å². The SMILES string of the molecule is CC(=O)NCC1CCCN(c2ncc(Br)cc2[N+](=O)[O-])C1. The largest absolute Gasteiger partial charge is 0.356 e. The Kier molecular flexibility index (Phi) is 5.11. The lowest BCUT2D eigenvalue weighted by atomic mass is 9.98. The van der Waals surface area contributed by atoms with Gasteiger partial charge < -0.3 is 10.2 Å². The molecule has 1 unspecified atom stereocenters. The van der Waals surface area contributed by atoms with Crippen LogP contribution in [0.2, 0.25) is 0 Å². The van der Waals surface area contributed by atoms with Crippen molar-refractivity contribution in [3.63, 3.8) is 0 Å². The predicted molar refractivity (Wildman–Crippen MR) is 82.2 cm³/mol. The van der Waals surface area contributed by atoms with E-state index in [1.165, 1.54) is 13.0 Å². The lowest BCUT2D eigenvalue weighted by Gasteiger charge is -2.33. The Hall–Kier alpha value is -1.70. The molecule has 1 atom stereocenters. The molecule has 0 radical (unpaired) electrons. The van der Waals surface area contributed by atoms with Crippen LogP contribution in [-0.2, 0) is 4.79 Å². The van der Waals surface area contributed by atoms with Crippen LogP contribution >= 0.6 is 15.9 Å². The summed E-state index contributed by atoms with van der Waals surface area (Å²) in [5, 5.41) is 14.0. The average Bonchev–Trinajstić information content (AvgIpc) is 2.45. The summed E-state index contributed by atoms with van der Waals surface area (Å²) >= 11 is 3.21. The van der Waals surface area contributed by atoms with Crippen molar-refractivity contribution in [1.82, 2.24) is 10.3 Å². The molecule has 7 nitrogen and oxygen atoms in total. The number of carbonyl (C=O) groups excluding carboxylic acids is 1. The number of halogens is 1. The maximum absolute atomic E-state index is 11.2. The molecule has 0 aliphatic carbocycles. The van der Waals surface area contributed by atoms with E-state index in [1.54, 1.807) is 6.20 Å². The van der Waals surface area contributed by atoms with Crippen LogP contribution in [-0.4, -0.2) is 35.4 Å². The van der Waals surface area contributed by atoms with E-state index in [0.29, 0.717) is 23.4 Å². The highest BCUT2D eigenvalue weighted by atomic mass is 79.9. The van der Waals surface area contributed by atoms with Crippen molar-refractivity contribution in [2.45, 2.75) is 19.8 Å². The van der Waals surface area contributed by atoms with E-state index in [2.05, 4.69) is 26.2 Å². The van der Waals surface area contributed by atoms with Crippen LogP contribution in [0.5, 0.6) is 0 Å². The van der Waals surface area contributed by atoms with Gasteiger partial charge in [-0.1, -0.05) is 0 Å². The molecule has 0 saturated carbocycles. The molecular formula is C13H17BrN4O3. The maximum atomic E-state index is 11.2. The molecule has 1 saturated heterocycles. The molecule has 2 rings (SSSR count). The monoisotopic (exact) mass is 356 g/mol. The number of pyridine rings is 1. The third-order valence-corrected chi connectivity index (χ3v) is 3.90. The van der Waals surface area contributed by atoms with Gasteiger partial charge in [0, 0.05) is 43.3 Å². The van der Waals surface area contributed by atoms with Crippen LogP contribution in [0.25, 0.3) is 0 Å². The summed E-state index contributed by atoms with van der Waals surface area (Å²) in [5.41, 5.74) is 0.00421. The van der Waals surface area contributed by atoms with Crippen LogP contribution in [0.3, 0.4) is 0 Å². The van der Waals surface area contributed by atoms with Crippen molar-refractivity contribution < 1.29 is 9.72 Å². The van der Waals surface area contributed by atoms with Crippen molar-refractivity contribution in [3.8, 4) is 0 Å². The summed E-state index contributed by atoms with van der Waals surface area (Å²) in [6.07, 6.45) is 3.50. The van der Waals surface area contributed by atoms with E-state index in [1.807, 2.05) is 4.90 Å². The van der Waals surface area contributed by atoms with E-state index in [0.717, 1.165) is 19.4 Å². The zero-order chi connectivity index (χ0) is 15.4. The van der Waals surface area contributed by atoms with Gasteiger partial charge in [-0.05, 0) is 34.7 Å². The number of nitrogens with one attached hydrogen (secondary N) is 1. The normalized spacial score (nSPS) is 18.4. The van der Waals surface area contributed by atoms with E-state index >= 15 is 0 Å². The van der Waals surface area contributed by atoms with Gasteiger partial charge in [-0.25, -0.2) is 4.98 Å². The molecule has 0 spiro atoms. The first-order valence-corrected chi connectivity index (χ1v) is 7.56. The second kappa shape index (κ2) is 6.84. The Morgan fingerprint density at radius 1 is 1.67 bits per heavy atom. The molecule has 1 fully saturated rings. The molecule has 1 amide bonds. The zero-order valence-corrected chi connectivity index (χ0v) is 13.3. The minimum atomic E-state index is -0.412. The third-order valence-electron chi connectivity index (χ3n) is 3.47. The summed E-state index contributed by atoms with van der Waals surface area (Å²) in [6, 6.07) is 1.47. The molecule has 1 aliphatic rings. The van der Waals surface area contributed by atoms with Crippen LogP contribution in [0, 0.1) is 16.0 Å². The fourth-order valence-corrected chi connectivity index (χ4v) is 2.83. The molecule has 0 bridgehead atoms. The number of piperidine rings is 1. The minimum Gasteiger partial charge on any atom is -0.356 e. The van der Waals surface area contributed by atoms with Gasteiger partial charge in [0.1, 0.15) is 0 Å². The van der Waals surface area contributed by atoms with Gasteiger partial charge in [-0.15, -0.1) is 0 Å². The van der Waals surface area contributed by atoms with Gasteiger partial charge in [-0.2, -0.15) is 0 Å². The van der Waals surface area contributed by atoms with Gasteiger partial charge in [0.15, 0.2) is 0 Å². The Morgan fingerprint density at radius 2 is 2.43 bits per heavy atom. The fourth-order valence-electron chi connectivity index (χ4n) is 2.51. The summed E-state index contributed by atoms with van der Waals surface area (Å²) < 4.78 is 0.588. The van der Waals surface area contributed by atoms with Crippen molar-refractivity contribution in [1.29, 1.82) is 0 Å². The smallest absolute Gasteiger partial charge is 0.312 e. The Morgan fingerprint density at radius 3 is 3.10 bits per heavy atom. The number of carbonyl (C=O) groups is 1. The number of aromatic nitrogens is 1. The molecule has 2 heterocycles. The van der Waals surface area contributed by atoms with E-state index in [-0.39, 0.29) is 17.5 Å². The Bertz CT molecular complexity index is 552. The van der Waals surface area contributed by atoms with E-state index in [4.69, 9.17) is 0 Å². The van der Waals surface area contributed by atoms with Crippen molar-refractivity contribution in [3.05, 3.63) is 26.9 Å². The second-order valence-electron chi connectivity index (χ2n) is 5.14. The van der Waals surface area contributed by atoms with E-state index < -0.39 is 4.92 Å².